The zero-order valence-corrected chi connectivity index (χ0v) is 9.98. The minimum absolute atomic E-state index is 0.301. The van der Waals surface area contributed by atoms with Crippen LogP contribution in [-0.4, -0.2) is 28.3 Å². The summed E-state index contributed by atoms with van der Waals surface area (Å²) in [5.74, 6) is -0.453. The number of nitrogens with one attached hydrogen (secondary N) is 1. The summed E-state index contributed by atoms with van der Waals surface area (Å²) in [6, 6.07) is 5.26. The van der Waals surface area contributed by atoms with Gasteiger partial charge in [-0.15, -0.1) is 0 Å². The molecule has 0 amide bonds. The third kappa shape index (κ3) is 1.96. The van der Waals surface area contributed by atoms with Gasteiger partial charge in [0.25, 0.3) is 0 Å². The number of carbonyl (C=O) groups is 1. The quantitative estimate of drug-likeness (QED) is 0.856. The zero-order valence-electron chi connectivity index (χ0n) is 8.40. The highest BCUT2D eigenvalue weighted by molar-refractivity contribution is 9.10. The molecule has 0 saturated carbocycles. The summed E-state index contributed by atoms with van der Waals surface area (Å²) in [5, 5.41) is 6.59. The molecule has 0 aliphatic carbocycles. The molecular formula is C10H8BrN3O2. The molecule has 0 aromatic carbocycles. The van der Waals surface area contributed by atoms with Gasteiger partial charge in [0.15, 0.2) is 0 Å². The second-order valence-electron chi connectivity index (χ2n) is 2.99. The lowest BCUT2D eigenvalue weighted by Gasteiger charge is -1.97. The van der Waals surface area contributed by atoms with Crippen LogP contribution >= 0.6 is 15.9 Å². The molecule has 5 nitrogen and oxygen atoms in total. The number of carbonyl (C=O) groups excluding carboxylic acids is 1. The number of ether oxygens (including phenoxy) is 1. The molecule has 0 unspecified atom stereocenters. The van der Waals surface area contributed by atoms with Gasteiger partial charge >= 0.3 is 5.97 Å². The van der Waals surface area contributed by atoms with Crippen molar-refractivity contribution in [1.82, 2.24) is 15.2 Å². The Bertz CT molecular complexity index is 524. The Labute approximate surface area is 100.0 Å². The maximum atomic E-state index is 11.2. The summed E-state index contributed by atoms with van der Waals surface area (Å²) in [6.07, 6.45) is 1.66. The fourth-order valence-electron chi connectivity index (χ4n) is 1.23. The number of aromatic nitrogens is 3. The second-order valence-corrected chi connectivity index (χ2v) is 3.85. The van der Waals surface area contributed by atoms with E-state index in [4.69, 9.17) is 0 Å². The first kappa shape index (κ1) is 10.8. The van der Waals surface area contributed by atoms with Gasteiger partial charge in [0.2, 0.25) is 0 Å². The molecule has 0 fully saturated rings. The fourth-order valence-corrected chi connectivity index (χ4v) is 1.69. The molecule has 2 rings (SSSR count). The molecule has 0 bridgehead atoms. The second kappa shape index (κ2) is 4.44. The molecular weight excluding hydrogens is 274 g/mol. The van der Waals surface area contributed by atoms with Crippen LogP contribution in [0.25, 0.3) is 11.4 Å². The molecule has 6 heteroatoms. The molecule has 16 heavy (non-hydrogen) atoms. The van der Waals surface area contributed by atoms with Gasteiger partial charge in [-0.25, -0.2) is 4.79 Å². The van der Waals surface area contributed by atoms with Crippen molar-refractivity contribution in [2.45, 2.75) is 0 Å². The van der Waals surface area contributed by atoms with Crippen LogP contribution in [0.15, 0.2) is 28.9 Å². The fraction of sp³-hybridized carbons (Fsp3) is 0.100. The van der Waals surface area contributed by atoms with Crippen molar-refractivity contribution in [1.29, 1.82) is 0 Å². The predicted octanol–water partition coefficient (Wildman–Crippen LogP) is 2.02. The van der Waals surface area contributed by atoms with E-state index in [-0.39, 0.29) is 0 Å². The van der Waals surface area contributed by atoms with Crippen LogP contribution in [0, 0.1) is 0 Å². The lowest BCUT2D eigenvalue weighted by molar-refractivity contribution is 0.0594. The van der Waals surface area contributed by atoms with Crippen molar-refractivity contribution in [2.75, 3.05) is 7.11 Å². The number of hydrogen-bond acceptors (Lipinski definition) is 4. The predicted molar refractivity (Wildman–Crippen MR) is 60.9 cm³/mol. The highest BCUT2D eigenvalue weighted by Gasteiger charge is 2.13. The van der Waals surface area contributed by atoms with Crippen LogP contribution in [0.4, 0.5) is 0 Å². The van der Waals surface area contributed by atoms with Gasteiger partial charge in [-0.05, 0) is 28.1 Å². The summed E-state index contributed by atoms with van der Waals surface area (Å²) in [5.41, 5.74) is 1.57. The maximum absolute atomic E-state index is 11.2. The molecule has 1 N–H and O–H groups in total. The molecule has 2 aromatic rings. The van der Waals surface area contributed by atoms with E-state index in [1.807, 2.05) is 6.07 Å². The van der Waals surface area contributed by atoms with Crippen LogP contribution in [0.5, 0.6) is 0 Å². The van der Waals surface area contributed by atoms with Crippen molar-refractivity contribution in [3.05, 3.63) is 34.6 Å². The Hall–Kier alpha value is -1.69. The lowest BCUT2D eigenvalue weighted by atomic mass is 10.2. The van der Waals surface area contributed by atoms with Gasteiger partial charge < -0.3 is 4.74 Å². The summed E-state index contributed by atoms with van der Waals surface area (Å²) in [7, 11) is 1.32. The summed E-state index contributed by atoms with van der Waals surface area (Å²) < 4.78 is 5.39. The Morgan fingerprint density at radius 1 is 1.56 bits per heavy atom. The maximum Gasteiger partial charge on any atom is 0.356 e. The Balaban J connectivity index is 2.39. The molecule has 2 heterocycles. The van der Waals surface area contributed by atoms with E-state index in [1.165, 1.54) is 7.11 Å². The number of H-pyrrole nitrogens is 1. The number of rotatable bonds is 2. The van der Waals surface area contributed by atoms with Crippen LogP contribution in [-0.2, 0) is 4.74 Å². The van der Waals surface area contributed by atoms with Crippen molar-refractivity contribution in [3.63, 3.8) is 0 Å². The minimum Gasteiger partial charge on any atom is -0.464 e. The van der Waals surface area contributed by atoms with Crippen molar-refractivity contribution in [2.24, 2.45) is 0 Å². The number of nitrogens with zero attached hydrogens (tertiary/aromatic N) is 2. The van der Waals surface area contributed by atoms with Crippen molar-refractivity contribution >= 4 is 21.9 Å². The average molecular weight is 282 g/mol. The first-order valence-electron chi connectivity index (χ1n) is 4.47. The van der Waals surface area contributed by atoms with Gasteiger partial charge in [-0.3, -0.25) is 10.1 Å². The zero-order chi connectivity index (χ0) is 11.5. The van der Waals surface area contributed by atoms with E-state index < -0.39 is 5.97 Å². The molecule has 0 aliphatic heterocycles. The van der Waals surface area contributed by atoms with Gasteiger partial charge in [0.1, 0.15) is 17.1 Å². The van der Waals surface area contributed by atoms with Gasteiger partial charge in [-0.1, -0.05) is 0 Å². The monoisotopic (exact) mass is 281 g/mol. The summed E-state index contributed by atoms with van der Waals surface area (Å²) in [6.45, 7) is 0. The number of pyridine rings is 1. The molecule has 2 aromatic heterocycles. The molecule has 82 valence electrons. The molecule has 0 spiro atoms. The summed E-state index contributed by atoms with van der Waals surface area (Å²) in [4.78, 5) is 15.4. The lowest BCUT2D eigenvalue weighted by Crippen LogP contribution is -2.00. The largest absolute Gasteiger partial charge is 0.464 e. The normalized spacial score (nSPS) is 10.1. The van der Waals surface area contributed by atoms with Crippen molar-refractivity contribution < 1.29 is 9.53 Å². The van der Waals surface area contributed by atoms with E-state index in [0.717, 1.165) is 4.47 Å². The highest BCUT2D eigenvalue weighted by Crippen LogP contribution is 2.24. The summed E-state index contributed by atoms with van der Waals surface area (Å²) >= 11 is 3.36. The number of hydrogen-bond donors (Lipinski definition) is 1. The first-order valence-corrected chi connectivity index (χ1v) is 5.26. The van der Waals surface area contributed by atoms with Crippen LogP contribution in [0.1, 0.15) is 10.5 Å². The van der Waals surface area contributed by atoms with E-state index in [2.05, 4.69) is 35.8 Å². The standard InChI is InChI=1S/C10H8BrN3O2/c1-16-10(15)8-5-7(13-14-8)9-6(11)3-2-4-12-9/h2-5H,1H3,(H,13,14). The van der Waals surface area contributed by atoms with Gasteiger partial charge in [-0.2, -0.15) is 5.10 Å². The third-order valence-corrected chi connectivity index (χ3v) is 2.62. The van der Waals surface area contributed by atoms with Crippen LogP contribution in [0.3, 0.4) is 0 Å². The SMILES string of the molecule is COC(=O)c1cc(-c2ncccc2Br)n[nH]1. The smallest absolute Gasteiger partial charge is 0.356 e. The topological polar surface area (TPSA) is 67.9 Å². The highest BCUT2D eigenvalue weighted by atomic mass is 79.9. The Morgan fingerprint density at radius 2 is 2.38 bits per heavy atom. The van der Waals surface area contributed by atoms with Crippen molar-refractivity contribution in [3.8, 4) is 11.4 Å². The van der Waals surface area contributed by atoms with Crippen LogP contribution < -0.4 is 0 Å². The van der Waals surface area contributed by atoms with Gasteiger partial charge in [0, 0.05) is 16.7 Å². The molecule has 0 aliphatic rings. The minimum atomic E-state index is -0.453. The first-order chi connectivity index (χ1) is 7.72. The van der Waals surface area contributed by atoms with E-state index in [0.29, 0.717) is 17.1 Å². The number of esters is 1. The van der Waals surface area contributed by atoms with E-state index in [1.54, 1.807) is 18.3 Å². The number of halogens is 1. The molecule has 0 saturated heterocycles. The molecule has 0 atom stereocenters. The number of methoxy groups -OCH3 is 1. The van der Waals surface area contributed by atoms with E-state index >= 15 is 0 Å². The molecule has 0 radical (unpaired) electrons. The van der Waals surface area contributed by atoms with Gasteiger partial charge in [0.05, 0.1) is 7.11 Å². The van der Waals surface area contributed by atoms with Crippen LogP contribution in [0.2, 0.25) is 0 Å². The average Bonchev–Trinajstić information content (AvgIpc) is 2.78. The Morgan fingerprint density at radius 3 is 3.06 bits per heavy atom. The Kier molecular flexibility index (Phi) is 3.00. The van der Waals surface area contributed by atoms with E-state index in [9.17, 15) is 4.79 Å². The third-order valence-electron chi connectivity index (χ3n) is 1.98. The number of aromatic amines is 1.